The number of nitrogens with zero attached hydrogens (tertiary/aromatic N) is 2. The summed E-state index contributed by atoms with van der Waals surface area (Å²) in [6.45, 7) is 6.67. The number of carbonyl (C=O) groups excluding carboxylic acids is 1. The lowest BCUT2D eigenvalue weighted by Crippen LogP contribution is -2.54. The van der Waals surface area contributed by atoms with Crippen LogP contribution in [-0.2, 0) is 14.3 Å². The van der Waals surface area contributed by atoms with Gasteiger partial charge in [0.2, 0.25) is 5.88 Å². The van der Waals surface area contributed by atoms with Crippen molar-refractivity contribution in [3.8, 4) is 5.88 Å². The molecule has 2 N–H and O–H groups in total. The largest absolute Gasteiger partial charge is 0.480 e. The standard InChI is InChI=1S/C20H29N3O6/c1-4-20(5-2,19(25)26)22-17(24)15-6-7-16(23-8-14(9-23)27-3)18(21-15)29-12-13-10-28-11-13/h6-7,13-14H,4-5,8-12H2,1-3H3,(H,22,24)(H,25,26). The van der Waals surface area contributed by atoms with Crippen LogP contribution in [0.2, 0.25) is 0 Å². The van der Waals surface area contributed by atoms with E-state index in [2.05, 4.69) is 15.2 Å². The molecule has 2 aliphatic rings. The highest BCUT2D eigenvalue weighted by molar-refractivity contribution is 5.96. The van der Waals surface area contributed by atoms with Gasteiger partial charge in [0.05, 0.1) is 25.9 Å². The fourth-order valence-electron chi connectivity index (χ4n) is 3.33. The van der Waals surface area contributed by atoms with Crippen molar-refractivity contribution in [3.05, 3.63) is 17.8 Å². The van der Waals surface area contributed by atoms with Gasteiger partial charge in [-0.3, -0.25) is 4.79 Å². The second-order valence-electron chi connectivity index (χ2n) is 7.55. The van der Waals surface area contributed by atoms with Crippen LogP contribution in [0.25, 0.3) is 0 Å². The van der Waals surface area contributed by atoms with Gasteiger partial charge < -0.3 is 29.5 Å². The van der Waals surface area contributed by atoms with Crippen LogP contribution >= 0.6 is 0 Å². The van der Waals surface area contributed by atoms with Crippen LogP contribution in [0.3, 0.4) is 0 Å². The first-order valence-electron chi connectivity index (χ1n) is 9.97. The van der Waals surface area contributed by atoms with Gasteiger partial charge in [-0.05, 0) is 25.0 Å². The summed E-state index contributed by atoms with van der Waals surface area (Å²) in [4.78, 5) is 30.9. The Bertz CT molecular complexity index is 742. The number of pyridine rings is 1. The molecule has 0 spiro atoms. The van der Waals surface area contributed by atoms with Gasteiger partial charge in [0.1, 0.15) is 16.9 Å². The zero-order valence-electron chi connectivity index (χ0n) is 17.1. The van der Waals surface area contributed by atoms with Crippen molar-refractivity contribution in [2.75, 3.05) is 44.9 Å². The fraction of sp³-hybridized carbons (Fsp3) is 0.650. The van der Waals surface area contributed by atoms with Crippen LogP contribution in [0.4, 0.5) is 5.69 Å². The third kappa shape index (κ3) is 4.45. The quantitative estimate of drug-likeness (QED) is 0.597. The number of methoxy groups -OCH3 is 1. The molecule has 2 fully saturated rings. The Kier molecular flexibility index (Phi) is 6.59. The number of carbonyl (C=O) groups is 2. The molecule has 9 nitrogen and oxygen atoms in total. The lowest BCUT2D eigenvalue weighted by Gasteiger charge is -2.40. The van der Waals surface area contributed by atoms with Gasteiger partial charge in [0.25, 0.3) is 5.91 Å². The lowest BCUT2D eigenvalue weighted by molar-refractivity contribution is -0.144. The maximum atomic E-state index is 12.8. The van der Waals surface area contributed by atoms with Crippen molar-refractivity contribution < 1.29 is 28.9 Å². The number of ether oxygens (including phenoxy) is 3. The van der Waals surface area contributed by atoms with Crippen LogP contribution in [-0.4, -0.2) is 73.6 Å². The van der Waals surface area contributed by atoms with E-state index in [0.29, 0.717) is 31.6 Å². The van der Waals surface area contributed by atoms with Crippen LogP contribution in [0.5, 0.6) is 5.88 Å². The van der Waals surface area contributed by atoms with Crippen LogP contribution in [0, 0.1) is 5.92 Å². The topological polar surface area (TPSA) is 110 Å². The molecule has 1 aromatic rings. The molecule has 3 rings (SSSR count). The average Bonchev–Trinajstić information content (AvgIpc) is 2.64. The minimum absolute atomic E-state index is 0.130. The number of aromatic nitrogens is 1. The van der Waals surface area contributed by atoms with E-state index in [0.717, 1.165) is 18.8 Å². The predicted octanol–water partition coefficient (Wildman–Crippen LogP) is 1.32. The highest BCUT2D eigenvalue weighted by atomic mass is 16.5. The number of nitrogens with one attached hydrogen (secondary N) is 1. The van der Waals surface area contributed by atoms with E-state index in [1.165, 1.54) is 0 Å². The van der Waals surface area contributed by atoms with Crippen molar-refractivity contribution in [2.24, 2.45) is 5.92 Å². The number of amides is 1. The summed E-state index contributed by atoms with van der Waals surface area (Å²) in [6, 6.07) is 3.39. The zero-order chi connectivity index (χ0) is 21.0. The summed E-state index contributed by atoms with van der Waals surface area (Å²) in [5.74, 6) is -0.906. The number of carboxylic acids is 1. The van der Waals surface area contributed by atoms with E-state index in [-0.39, 0.29) is 24.6 Å². The van der Waals surface area contributed by atoms with E-state index < -0.39 is 17.4 Å². The van der Waals surface area contributed by atoms with Gasteiger partial charge in [-0.25, -0.2) is 9.78 Å². The summed E-state index contributed by atoms with van der Waals surface area (Å²) >= 11 is 0. The van der Waals surface area contributed by atoms with Crippen molar-refractivity contribution >= 4 is 17.6 Å². The molecule has 0 radical (unpaired) electrons. The van der Waals surface area contributed by atoms with Gasteiger partial charge in [0, 0.05) is 26.1 Å². The summed E-state index contributed by atoms with van der Waals surface area (Å²) in [5.41, 5.74) is -0.388. The second-order valence-corrected chi connectivity index (χ2v) is 7.55. The summed E-state index contributed by atoms with van der Waals surface area (Å²) in [6.07, 6.45) is 0.718. The number of aliphatic carboxylic acids is 1. The van der Waals surface area contributed by atoms with Gasteiger partial charge in [-0.1, -0.05) is 13.8 Å². The lowest BCUT2D eigenvalue weighted by atomic mass is 9.92. The van der Waals surface area contributed by atoms with Crippen molar-refractivity contribution in [2.45, 2.75) is 38.3 Å². The Balaban J connectivity index is 1.79. The first kappa shape index (κ1) is 21.3. The Morgan fingerprint density at radius 2 is 2.00 bits per heavy atom. The number of carboxylic acid groups (broad SMARTS) is 1. The van der Waals surface area contributed by atoms with E-state index in [1.807, 2.05) is 0 Å². The molecule has 160 valence electrons. The third-order valence-corrected chi connectivity index (χ3v) is 5.73. The highest BCUT2D eigenvalue weighted by Gasteiger charge is 2.37. The molecule has 3 heterocycles. The van der Waals surface area contributed by atoms with E-state index in [9.17, 15) is 14.7 Å². The Morgan fingerprint density at radius 3 is 2.52 bits per heavy atom. The Morgan fingerprint density at radius 1 is 1.31 bits per heavy atom. The fourth-order valence-corrected chi connectivity index (χ4v) is 3.33. The smallest absolute Gasteiger partial charge is 0.329 e. The zero-order valence-corrected chi connectivity index (χ0v) is 17.1. The molecule has 9 heteroatoms. The van der Waals surface area contributed by atoms with Crippen molar-refractivity contribution in [1.82, 2.24) is 10.3 Å². The van der Waals surface area contributed by atoms with Crippen LogP contribution in [0.15, 0.2) is 12.1 Å². The Labute approximate surface area is 170 Å². The normalized spacial score (nSPS) is 17.4. The molecule has 0 saturated carbocycles. The molecule has 29 heavy (non-hydrogen) atoms. The molecule has 0 atom stereocenters. The number of hydrogen-bond donors (Lipinski definition) is 2. The number of anilines is 1. The summed E-state index contributed by atoms with van der Waals surface area (Å²) in [5, 5.41) is 12.2. The molecule has 0 aliphatic carbocycles. The molecular weight excluding hydrogens is 378 g/mol. The molecule has 1 aromatic heterocycles. The summed E-state index contributed by atoms with van der Waals surface area (Å²) in [7, 11) is 1.68. The molecule has 0 bridgehead atoms. The van der Waals surface area contributed by atoms with Crippen LogP contribution < -0.4 is 15.0 Å². The van der Waals surface area contributed by atoms with Crippen LogP contribution in [0.1, 0.15) is 37.2 Å². The molecule has 1 amide bonds. The summed E-state index contributed by atoms with van der Waals surface area (Å²) < 4.78 is 16.4. The minimum Gasteiger partial charge on any atom is -0.480 e. The van der Waals surface area contributed by atoms with Crippen molar-refractivity contribution in [3.63, 3.8) is 0 Å². The van der Waals surface area contributed by atoms with Gasteiger partial charge in [0.15, 0.2) is 0 Å². The maximum absolute atomic E-state index is 12.8. The number of hydrogen-bond acceptors (Lipinski definition) is 7. The predicted molar refractivity (Wildman–Crippen MR) is 105 cm³/mol. The van der Waals surface area contributed by atoms with Gasteiger partial charge >= 0.3 is 5.97 Å². The first-order chi connectivity index (χ1) is 13.9. The number of rotatable bonds is 10. The molecule has 2 saturated heterocycles. The van der Waals surface area contributed by atoms with E-state index in [1.54, 1.807) is 33.1 Å². The van der Waals surface area contributed by atoms with E-state index >= 15 is 0 Å². The maximum Gasteiger partial charge on any atom is 0.329 e. The van der Waals surface area contributed by atoms with Gasteiger partial charge in [-0.15, -0.1) is 0 Å². The molecule has 0 unspecified atom stereocenters. The van der Waals surface area contributed by atoms with Gasteiger partial charge in [-0.2, -0.15) is 0 Å². The highest BCUT2D eigenvalue weighted by Crippen LogP contribution is 2.32. The third-order valence-electron chi connectivity index (χ3n) is 5.73. The second kappa shape index (κ2) is 8.96. The molecule has 2 aliphatic heterocycles. The average molecular weight is 407 g/mol. The van der Waals surface area contributed by atoms with Crippen molar-refractivity contribution in [1.29, 1.82) is 0 Å². The Hall–Kier alpha value is -2.39. The van der Waals surface area contributed by atoms with E-state index in [4.69, 9.17) is 14.2 Å². The SMILES string of the molecule is CCC(CC)(NC(=O)c1ccc(N2CC(OC)C2)c(OCC2COC2)n1)C(=O)O. The first-order valence-corrected chi connectivity index (χ1v) is 9.97. The molecule has 0 aromatic carbocycles. The molecular formula is C20H29N3O6. The minimum atomic E-state index is -1.31. The monoisotopic (exact) mass is 407 g/mol.